The average molecular weight is 165 g/mol. The molecule has 1 rings (SSSR count). The molecule has 0 amide bonds. The van der Waals surface area contributed by atoms with E-state index in [4.69, 9.17) is 5.73 Å². The minimum absolute atomic E-state index is 0.0306. The summed E-state index contributed by atoms with van der Waals surface area (Å²) in [5.41, 5.74) is 5.90. The molecule has 1 aromatic rings. The monoisotopic (exact) mass is 165 g/mol. The van der Waals surface area contributed by atoms with Gasteiger partial charge in [0.25, 0.3) is 0 Å². The van der Waals surface area contributed by atoms with E-state index in [1.54, 1.807) is 6.20 Å². The summed E-state index contributed by atoms with van der Waals surface area (Å²) >= 11 is 0. The first-order valence-electron chi connectivity index (χ1n) is 4.09. The minimum Gasteiger partial charge on any atom is -0.337 e. The highest BCUT2D eigenvalue weighted by molar-refractivity contribution is 4.97. The summed E-state index contributed by atoms with van der Waals surface area (Å²) in [6, 6.07) is 0.0306. The fourth-order valence-electron chi connectivity index (χ4n) is 1.16. The first kappa shape index (κ1) is 9.00. The van der Waals surface area contributed by atoms with E-state index in [1.807, 2.05) is 23.9 Å². The molecular formula is C9H15N3. The van der Waals surface area contributed by atoms with Crippen molar-refractivity contribution in [2.75, 3.05) is 0 Å². The first-order valence-corrected chi connectivity index (χ1v) is 4.09. The largest absolute Gasteiger partial charge is 0.337 e. The zero-order valence-corrected chi connectivity index (χ0v) is 7.40. The highest BCUT2D eigenvalue weighted by atomic mass is 15.1. The fraction of sp³-hybridized carbons (Fsp3) is 0.444. The second kappa shape index (κ2) is 4.07. The lowest BCUT2D eigenvalue weighted by atomic mass is 10.1. The van der Waals surface area contributed by atoms with Crippen LogP contribution in [0.5, 0.6) is 0 Å². The molecule has 0 aliphatic carbocycles. The number of hydrogen-bond donors (Lipinski definition) is 1. The van der Waals surface area contributed by atoms with Crippen molar-refractivity contribution < 1.29 is 0 Å². The molecule has 0 saturated carbocycles. The SMILES string of the molecule is C=CCCC(N)c1nccn1C. The molecule has 1 heterocycles. The Hall–Kier alpha value is -1.09. The van der Waals surface area contributed by atoms with Gasteiger partial charge in [0.15, 0.2) is 0 Å². The molecular weight excluding hydrogens is 150 g/mol. The second-order valence-electron chi connectivity index (χ2n) is 2.87. The van der Waals surface area contributed by atoms with Gasteiger partial charge in [-0.15, -0.1) is 6.58 Å². The van der Waals surface area contributed by atoms with Crippen molar-refractivity contribution in [2.45, 2.75) is 18.9 Å². The Morgan fingerprint density at radius 1 is 1.83 bits per heavy atom. The van der Waals surface area contributed by atoms with Crippen molar-refractivity contribution in [1.29, 1.82) is 0 Å². The van der Waals surface area contributed by atoms with Crippen LogP contribution in [0.4, 0.5) is 0 Å². The minimum atomic E-state index is 0.0306. The quantitative estimate of drug-likeness (QED) is 0.685. The molecule has 0 fully saturated rings. The normalized spacial score (nSPS) is 12.8. The van der Waals surface area contributed by atoms with Gasteiger partial charge in [-0.25, -0.2) is 4.98 Å². The predicted octanol–water partition coefficient (Wildman–Crippen LogP) is 1.39. The van der Waals surface area contributed by atoms with Gasteiger partial charge < -0.3 is 10.3 Å². The molecule has 0 aromatic carbocycles. The Bertz CT molecular complexity index is 252. The Labute approximate surface area is 72.9 Å². The maximum Gasteiger partial charge on any atom is 0.125 e. The van der Waals surface area contributed by atoms with Crippen molar-refractivity contribution in [3.63, 3.8) is 0 Å². The van der Waals surface area contributed by atoms with Crippen LogP contribution >= 0.6 is 0 Å². The number of allylic oxidation sites excluding steroid dienone is 1. The average Bonchev–Trinajstić information content (AvgIpc) is 2.47. The van der Waals surface area contributed by atoms with Gasteiger partial charge in [0.05, 0.1) is 6.04 Å². The summed E-state index contributed by atoms with van der Waals surface area (Å²) < 4.78 is 1.95. The van der Waals surface area contributed by atoms with Crippen LogP contribution in [0.1, 0.15) is 24.7 Å². The van der Waals surface area contributed by atoms with Gasteiger partial charge in [-0.2, -0.15) is 0 Å². The number of hydrogen-bond acceptors (Lipinski definition) is 2. The van der Waals surface area contributed by atoms with Crippen molar-refractivity contribution in [3.05, 3.63) is 30.9 Å². The first-order chi connectivity index (χ1) is 5.75. The molecule has 66 valence electrons. The lowest BCUT2D eigenvalue weighted by Gasteiger charge is -2.09. The molecule has 3 heteroatoms. The van der Waals surface area contributed by atoms with Gasteiger partial charge in [0, 0.05) is 19.4 Å². The zero-order valence-electron chi connectivity index (χ0n) is 7.40. The molecule has 0 spiro atoms. The van der Waals surface area contributed by atoms with Gasteiger partial charge in [0.1, 0.15) is 5.82 Å². The van der Waals surface area contributed by atoms with Gasteiger partial charge in [0.2, 0.25) is 0 Å². The van der Waals surface area contributed by atoms with E-state index in [-0.39, 0.29) is 6.04 Å². The van der Waals surface area contributed by atoms with Crippen LogP contribution in [0.25, 0.3) is 0 Å². The molecule has 3 nitrogen and oxygen atoms in total. The van der Waals surface area contributed by atoms with E-state index in [1.165, 1.54) is 0 Å². The number of aryl methyl sites for hydroxylation is 1. The molecule has 0 radical (unpaired) electrons. The predicted molar refractivity (Wildman–Crippen MR) is 49.6 cm³/mol. The number of aromatic nitrogens is 2. The van der Waals surface area contributed by atoms with Crippen molar-refractivity contribution >= 4 is 0 Å². The number of rotatable bonds is 4. The summed E-state index contributed by atoms with van der Waals surface area (Å²) in [5, 5.41) is 0. The van der Waals surface area contributed by atoms with Crippen LogP contribution in [-0.2, 0) is 7.05 Å². The highest BCUT2D eigenvalue weighted by Crippen LogP contribution is 2.12. The second-order valence-corrected chi connectivity index (χ2v) is 2.87. The number of imidazole rings is 1. The van der Waals surface area contributed by atoms with Gasteiger partial charge in [-0.05, 0) is 12.8 Å². The third kappa shape index (κ3) is 1.95. The Kier molecular flexibility index (Phi) is 3.05. The maximum absolute atomic E-state index is 5.90. The Morgan fingerprint density at radius 3 is 3.08 bits per heavy atom. The molecule has 0 bridgehead atoms. The number of nitrogens with two attached hydrogens (primary N) is 1. The van der Waals surface area contributed by atoms with E-state index >= 15 is 0 Å². The molecule has 0 aliphatic rings. The molecule has 1 atom stereocenters. The van der Waals surface area contributed by atoms with Gasteiger partial charge >= 0.3 is 0 Å². The lowest BCUT2D eigenvalue weighted by molar-refractivity contribution is 0.594. The van der Waals surface area contributed by atoms with E-state index in [0.717, 1.165) is 18.7 Å². The molecule has 0 saturated heterocycles. The van der Waals surface area contributed by atoms with E-state index < -0.39 is 0 Å². The highest BCUT2D eigenvalue weighted by Gasteiger charge is 2.08. The summed E-state index contributed by atoms with van der Waals surface area (Å²) in [7, 11) is 1.95. The van der Waals surface area contributed by atoms with Crippen molar-refractivity contribution in [1.82, 2.24) is 9.55 Å². The maximum atomic E-state index is 5.90. The summed E-state index contributed by atoms with van der Waals surface area (Å²) in [6.07, 6.45) is 7.40. The third-order valence-corrected chi connectivity index (χ3v) is 1.87. The third-order valence-electron chi connectivity index (χ3n) is 1.87. The van der Waals surface area contributed by atoms with Gasteiger partial charge in [-0.3, -0.25) is 0 Å². The fourth-order valence-corrected chi connectivity index (χ4v) is 1.16. The van der Waals surface area contributed by atoms with Crippen LogP contribution in [0.15, 0.2) is 25.0 Å². The van der Waals surface area contributed by atoms with Crippen molar-refractivity contribution in [3.8, 4) is 0 Å². The molecule has 2 N–H and O–H groups in total. The smallest absolute Gasteiger partial charge is 0.125 e. The van der Waals surface area contributed by atoms with Crippen LogP contribution in [0.2, 0.25) is 0 Å². The van der Waals surface area contributed by atoms with Crippen molar-refractivity contribution in [2.24, 2.45) is 12.8 Å². The molecule has 12 heavy (non-hydrogen) atoms. The van der Waals surface area contributed by atoms with Gasteiger partial charge in [-0.1, -0.05) is 6.08 Å². The molecule has 0 aliphatic heterocycles. The van der Waals surface area contributed by atoms with E-state index in [9.17, 15) is 0 Å². The zero-order chi connectivity index (χ0) is 8.97. The molecule has 1 aromatic heterocycles. The Morgan fingerprint density at radius 2 is 2.58 bits per heavy atom. The van der Waals surface area contributed by atoms with E-state index in [0.29, 0.717) is 0 Å². The summed E-state index contributed by atoms with van der Waals surface area (Å²) in [5.74, 6) is 0.942. The summed E-state index contributed by atoms with van der Waals surface area (Å²) in [6.45, 7) is 3.65. The van der Waals surface area contributed by atoms with Crippen LogP contribution in [0, 0.1) is 0 Å². The van der Waals surface area contributed by atoms with Crippen LogP contribution < -0.4 is 5.73 Å². The lowest BCUT2D eigenvalue weighted by Crippen LogP contribution is -2.14. The van der Waals surface area contributed by atoms with E-state index in [2.05, 4.69) is 11.6 Å². The number of nitrogens with zero attached hydrogens (tertiary/aromatic N) is 2. The van der Waals surface area contributed by atoms with Crippen LogP contribution in [0.3, 0.4) is 0 Å². The summed E-state index contributed by atoms with van der Waals surface area (Å²) in [4.78, 5) is 4.17. The topological polar surface area (TPSA) is 43.8 Å². The standard InChI is InChI=1S/C9H15N3/c1-3-4-5-8(10)9-11-6-7-12(9)2/h3,6-8H,1,4-5,10H2,2H3. The molecule has 1 unspecified atom stereocenters. The Balaban J connectivity index is 2.58. The van der Waals surface area contributed by atoms with Crippen LogP contribution in [-0.4, -0.2) is 9.55 Å².